The van der Waals surface area contributed by atoms with Crippen LogP contribution in [-0.2, 0) is 16.6 Å². The lowest BCUT2D eigenvalue weighted by molar-refractivity contribution is -0.121. The van der Waals surface area contributed by atoms with Crippen LogP contribution >= 0.6 is 0 Å². The van der Waals surface area contributed by atoms with Gasteiger partial charge >= 0.3 is 0 Å². The molecule has 5 nitrogen and oxygen atoms in total. The summed E-state index contributed by atoms with van der Waals surface area (Å²) in [6.07, 6.45) is 5.46. The minimum atomic E-state index is -0.429. The quantitative estimate of drug-likeness (QED) is 0.898. The van der Waals surface area contributed by atoms with Crippen LogP contribution in [0.1, 0.15) is 31.5 Å². The zero-order chi connectivity index (χ0) is 18.3. The van der Waals surface area contributed by atoms with Crippen molar-refractivity contribution in [2.24, 2.45) is 11.8 Å². The van der Waals surface area contributed by atoms with Gasteiger partial charge in [-0.3, -0.25) is 4.79 Å². The van der Waals surface area contributed by atoms with Gasteiger partial charge in [-0.1, -0.05) is 38.1 Å². The molecule has 1 aromatic heterocycles. The minimum absolute atomic E-state index is 0.0462. The molecule has 0 radical (unpaired) electrons. The Morgan fingerprint density at radius 2 is 2.08 bits per heavy atom. The number of nitrogens with one attached hydrogen (secondary N) is 1. The van der Waals surface area contributed by atoms with Crippen molar-refractivity contribution in [3.63, 3.8) is 0 Å². The maximum absolute atomic E-state index is 12.4. The molecule has 0 saturated heterocycles. The van der Waals surface area contributed by atoms with Crippen molar-refractivity contribution in [1.29, 1.82) is 5.26 Å². The molecule has 1 N–H and O–H groups in total. The van der Waals surface area contributed by atoms with E-state index < -0.39 is 5.41 Å². The number of ketones is 1. The molecule has 0 fully saturated rings. The standard InChI is InChI=1S/C21H20N4O/c1-13-17-9-8-14-12-23-20(24-16-6-4-3-5-7-16)25-19(14)21(17,2)10-15(11-22)18(13)26/h3-7,10,12-13,17H,8-9H2,1-2H3,(H,23,24,25)/t13-,17-,21-/m0/s1. The molecule has 0 unspecified atom stereocenters. The number of rotatable bonds is 2. The van der Waals surface area contributed by atoms with E-state index in [1.165, 1.54) is 0 Å². The van der Waals surface area contributed by atoms with Gasteiger partial charge in [-0.15, -0.1) is 0 Å². The predicted octanol–water partition coefficient (Wildman–Crippen LogP) is 3.71. The average Bonchev–Trinajstić information content (AvgIpc) is 2.66. The number of allylic oxidation sites excluding steroid dienone is 2. The molecule has 0 bridgehead atoms. The number of nitrogens with zero attached hydrogens (tertiary/aromatic N) is 3. The Hall–Kier alpha value is -3.00. The van der Waals surface area contributed by atoms with Crippen LogP contribution < -0.4 is 5.32 Å². The molecule has 1 heterocycles. The van der Waals surface area contributed by atoms with Crippen LogP contribution in [0.4, 0.5) is 11.6 Å². The number of Topliss-reactive ketones (excluding diaryl/α,β-unsaturated/α-hetero) is 1. The second-order valence-electron chi connectivity index (χ2n) is 7.31. The number of aryl methyl sites for hydroxylation is 1. The van der Waals surface area contributed by atoms with E-state index in [0.717, 1.165) is 29.8 Å². The zero-order valence-electron chi connectivity index (χ0n) is 14.9. The number of para-hydroxylation sites is 1. The van der Waals surface area contributed by atoms with Gasteiger partial charge in [0.1, 0.15) is 6.07 Å². The Balaban J connectivity index is 1.80. The van der Waals surface area contributed by atoms with E-state index in [2.05, 4.69) is 23.3 Å². The Morgan fingerprint density at radius 1 is 1.31 bits per heavy atom. The fraction of sp³-hybridized carbons (Fsp3) is 0.333. The van der Waals surface area contributed by atoms with Crippen molar-refractivity contribution in [2.75, 3.05) is 5.32 Å². The lowest BCUT2D eigenvalue weighted by Gasteiger charge is -2.45. The van der Waals surface area contributed by atoms with Crippen molar-refractivity contribution in [2.45, 2.75) is 32.1 Å². The molecule has 0 amide bonds. The molecule has 3 atom stereocenters. The van der Waals surface area contributed by atoms with Crippen LogP contribution in [0.2, 0.25) is 0 Å². The number of fused-ring (bicyclic) bond motifs is 3. The summed E-state index contributed by atoms with van der Waals surface area (Å²) in [6, 6.07) is 11.9. The van der Waals surface area contributed by atoms with Crippen molar-refractivity contribution in [1.82, 2.24) is 9.97 Å². The average molecular weight is 344 g/mol. The lowest BCUT2D eigenvalue weighted by atomic mass is 9.58. The van der Waals surface area contributed by atoms with Gasteiger partial charge in [-0.2, -0.15) is 5.26 Å². The monoisotopic (exact) mass is 344 g/mol. The summed E-state index contributed by atoms with van der Waals surface area (Å²) in [5, 5.41) is 12.6. The molecular weight excluding hydrogens is 324 g/mol. The van der Waals surface area contributed by atoms with Crippen molar-refractivity contribution < 1.29 is 4.79 Å². The zero-order valence-corrected chi connectivity index (χ0v) is 14.9. The summed E-state index contributed by atoms with van der Waals surface area (Å²) in [5.74, 6) is 0.468. The van der Waals surface area contributed by atoms with Gasteiger partial charge in [0.25, 0.3) is 0 Å². The number of carbonyl (C=O) groups is 1. The second kappa shape index (κ2) is 6.06. The summed E-state index contributed by atoms with van der Waals surface area (Å²) in [7, 11) is 0. The highest BCUT2D eigenvalue weighted by Gasteiger charge is 2.49. The number of anilines is 2. The maximum atomic E-state index is 12.4. The molecule has 2 aliphatic rings. The van der Waals surface area contributed by atoms with Crippen LogP contribution in [0.15, 0.2) is 48.2 Å². The van der Waals surface area contributed by atoms with Crippen LogP contribution in [0.5, 0.6) is 0 Å². The van der Waals surface area contributed by atoms with Crippen LogP contribution in [0.25, 0.3) is 0 Å². The Kier molecular flexibility index (Phi) is 3.84. The summed E-state index contributed by atoms with van der Waals surface area (Å²) < 4.78 is 0. The Labute approximate surface area is 152 Å². The van der Waals surface area contributed by atoms with Crippen LogP contribution in [-0.4, -0.2) is 15.8 Å². The first-order valence-electron chi connectivity index (χ1n) is 8.88. The molecule has 0 spiro atoms. The number of aromatic nitrogens is 2. The highest BCUT2D eigenvalue weighted by molar-refractivity contribution is 6.02. The predicted molar refractivity (Wildman–Crippen MR) is 98.8 cm³/mol. The SMILES string of the molecule is C[C@@H]1C(=O)C(C#N)=C[C@]2(C)c3nc(Nc4ccccc4)ncc3CC[C@@H]12. The van der Waals surface area contributed by atoms with E-state index in [4.69, 9.17) is 4.98 Å². The van der Waals surface area contributed by atoms with Gasteiger partial charge in [0, 0.05) is 23.2 Å². The van der Waals surface area contributed by atoms with E-state index in [9.17, 15) is 10.1 Å². The van der Waals surface area contributed by atoms with Crippen molar-refractivity contribution in [3.8, 4) is 6.07 Å². The fourth-order valence-corrected chi connectivity index (χ4v) is 4.38. The van der Waals surface area contributed by atoms with Crippen molar-refractivity contribution >= 4 is 17.4 Å². The first-order valence-corrected chi connectivity index (χ1v) is 8.88. The third kappa shape index (κ3) is 2.50. The molecule has 1 aromatic carbocycles. The maximum Gasteiger partial charge on any atom is 0.227 e. The third-order valence-corrected chi connectivity index (χ3v) is 5.75. The molecular formula is C21H20N4O. The summed E-state index contributed by atoms with van der Waals surface area (Å²) in [5.41, 5.74) is 2.76. The normalized spacial score (nSPS) is 27.0. The van der Waals surface area contributed by atoms with Crippen LogP contribution in [0, 0.1) is 23.2 Å². The summed E-state index contributed by atoms with van der Waals surface area (Å²) in [4.78, 5) is 21.7. The number of hydrogen-bond acceptors (Lipinski definition) is 5. The minimum Gasteiger partial charge on any atom is -0.324 e. The lowest BCUT2D eigenvalue weighted by Crippen LogP contribution is -2.46. The molecule has 4 rings (SSSR count). The van der Waals surface area contributed by atoms with E-state index in [0.29, 0.717) is 5.95 Å². The second-order valence-corrected chi connectivity index (χ2v) is 7.31. The first kappa shape index (κ1) is 16.5. The van der Waals surface area contributed by atoms with Crippen LogP contribution in [0.3, 0.4) is 0 Å². The highest BCUT2D eigenvalue weighted by atomic mass is 16.1. The molecule has 130 valence electrons. The van der Waals surface area contributed by atoms with Gasteiger partial charge < -0.3 is 5.32 Å². The van der Waals surface area contributed by atoms with Crippen molar-refractivity contribution in [3.05, 3.63) is 59.4 Å². The molecule has 2 aromatic rings. The summed E-state index contributed by atoms with van der Waals surface area (Å²) >= 11 is 0. The van der Waals surface area contributed by atoms with E-state index in [-0.39, 0.29) is 23.2 Å². The Bertz CT molecular complexity index is 944. The van der Waals surface area contributed by atoms with E-state index in [1.807, 2.05) is 49.5 Å². The third-order valence-electron chi connectivity index (χ3n) is 5.75. The molecule has 2 aliphatic carbocycles. The first-order chi connectivity index (χ1) is 12.5. The molecule has 5 heteroatoms. The smallest absolute Gasteiger partial charge is 0.227 e. The van der Waals surface area contributed by atoms with E-state index in [1.54, 1.807) is 0 Å². The number of benzene rings is 1. The number of carbonyl (C=O) groups excluding carboxylic acids is 1. The van der Waals surface area contributed by atoms with Gasteiger partial charge in [-0.25, -0.2) is 9.97 Å². The van der Waals surface area contributed by atoms with Gasteiger partial charge in [0.15, 0.2) is 5.78 Å². The largest absolute Gasteiger partial charge is 0.324 e. The molecule has 0 aliphatic heterocycles. The van der Waals surface area contributed by atoms with E-state index >= 15 is 0 Å². The highest BCUT2D eigenvalue weighted by Crippen LogP contribution is 2.49. The van der Waals surface area contributed by atoms with Gasteiger partial charge in [0.05, 0.1) is 11.3 Å². The number of hydrogen-bond donors (Lipinski definition) is 1. The van der Waals surface area contributed by atoms with Gasteiger partial charge in [0.2, 0.25) is 5.95 Å². The molecule has 26 heavy (non-hydrogen) atoms. The fourth-order valence-electron chi connectivity index (χ4n) is 4.38. The topological polar surface area (TPSA) is 78.7 Å². The number of nitriles is 1. The Morgan fingerprint density at radius 3 is 2.81 bits per heavy atom. The summed E-state index contributed by atoms with van der Waals surface area (Å²) in [6.45, 7) is 4.03. The van der Waals surface area contributed by atoms with Gasteiger partial charge in [-0.05, 0) is 36.5 Å². The molecule has 0 saturated carbocycles.